The Morgan fingerprint density at radius 3 is 2.90 bits per heavy atom. The molecule has 4 aromatic rings. The van der Waals surface area contributed by atoms with Gasteiger partial charge in [0, 0.05) is 37.8 Å². The molecule has 5 heterocycles. The lowest BCUT2D eigenvalue weighted by atomic mass is 9.98. The molecule has 0 aliphatic carbocycles. The third-order valence-electron chi connectivity index (χ3n) is 8.95. The summed E-state index contributed by atoms with van der Waals surface area (Å²) in [6.45, 7) is 4.76. The number of piperidine rings is 1. The number of benzene rings is 2. The average Bonchev–Trinajstić information content (AvgIpc) is 3.45. The smallest absolute Gasteiger partial charge is 0.275 e. The lowest BCUT2D eigenvalue weighted by Crippen LogP contribution is -2.39. The highest BCUT2D eigenvalue weighted by atomic mass is 32.1. The largest absolute Gasteiger partial charge is 0.490 e. The second-order valence-electron chi connectivity index (χ2n) is 11.6. The highest BCUT2D eigenvalue weighted by molar-refractivity contribution is 7.14. The maximum absolute atomic E-state index is 13.5. The zero-order chi connectivity index (χ0) is 27.4. The molecule has 7 rings (SSSR count). The highest BCUT2D eigenvalue weighted by Crippen LogP contribution is 2.34. The zero-order valence-corrected chi connectivity index (χ0v) is 23.8. The number of aromatic amines is 1. The molecule has 10 heteroatoms. The number of aromatic nitrogens is 3. The van der Waals surface area contributed by atoms with Gasteiger partial charge in [0.1, 0.15) is 23.6 Å². The molecule has 0 radical (unpaired) electrons. The number of H-pyrrole nitrogens is 1. The molecule has 9 nitrogen and oxygen atoms in total. The number of nitrogens with one attached hydrogen (secondary N) is 1. The number of nitrogens with zero attached hydrogens (tertiary/aromatic N) is 4. The summed E-state index contributed by atoms with van der Waals surface area (Å²) >= 11 is 1.44. The molecule has 3 unspecified atom stereocenters. The first-order chi connectivity index (χ1) is 19.5. The van der Waals surface area contributed by atoms with Crippen LogP contribution in [0.1, 0.15) is 31.2 Å². The molecule has 3 atom stereocenters. The molecule has 2 aromatic carbocycles. The van der Waals surface area contributed by atoms with Gasteiger partial charge in [-0.2, -0.15) is 0 Å². The Hall–Kier alpha value is -3.05. The molecule has 1 N–H and O–H groups in total. The van der Waals surface area contributed by atoms with Crippen molar-refractivity contribution in [2.24, 2.45) is 5.92 Å². The number of fused-ring (bicyclic) bond motifs is 5. The number of ether oxygens (including phenoxy) is 2. The molecule has 2 aromatic heterocycles. The van der Waals surface area contributed by atoms with Crippen LogP contribution in [0.4, 0.5) is 0 Å². The summed E-state index contributed by atoms with van der Waals surface area (Å²) in [4.78, 5) is 39.7. The molecule has 40 heavy (non-hydrogen) atoms. The second kappa shape index (κ2) is 10.4. The predicted octanol–water partition coefficient (Wildman–Crippen LogP) is 3.68. The van der Waals surface area contributed by atoms with Crippen LogP contribution in [0, 0.1) is 5.92 Å². The fourth-order valence-electron chi connectivity index (χ4n) is 6.81. The first-order valence-corrected chi connectivity index (χ1v) is 15.0. The Kier molecular flexibility index (Phi) is 6.74. The van der Waals surface area contributed by atoms with E-state index in [2.05, 4.69) is 27.9 Å². The lowest BCUT2D eigenvalue weighted by Gasteiger charge is -2.32. The Morgan fingerprint density at radius 2 is 2.02 bits per heavy atom. The minimum absolute atomic E-state index is 0.00202. The average molecular weight is 562 g/mol. The van der Waals surface area contributed by atoms with Crippen molar-refractivity contribution in [3.8, 4) is 17.0 Å². The fourth-order valence-corrected chi connectivity index (χ4v) is 7.98. The SMILES string of the molecule is COCC1CCCN(Cc2cc3c4nc(c(=O)[nH]c4c2)-c2cccc4c(=O)n(sc24)CC2CCC(CO3)N2C)C1. The van der Waals surface area contributed by atoms with E-state index in [1.54, 1.807) is 7.11 Å². The molecule has 2 saturated heterocycles. The minimum atomic E-state index is -0.263. The van der Waals surface area contributed by atoms with Gasteiger partial charge in [-0.25, -0.2) is 4.98 Å². The number of hydrogen-bond acceptors (Lipinski definition) is 8. The monoisotopic (exact) mass is 561 g/mol. The van der Waals surface area contributed by atoms with E-state index in [1.165, 1.54) is 18.0 Å². The van der Waals surface area contributed by atoms with Gasteiger partial charge in [-0.15, -0.1) is 0 Å². The quantitative estimate of drug-likeness (QED) is 0.406. The van der Waals surface area contributed by atoms with Gasteiger partial charge >= 0.3 is 0 Å². The maximum atomic E-state index is 13.5. The van der Waals surface area contributed by atoms with Crippen molar-refractivity contribution in [3.63, 3.8) is 0 Å². The summed E-state index contributed by atoms with van der Waals surface area (Å²) in [7, 11) is 3.91. The molecule has 0 spiro atoms. The summed E-state index contributed by atoms with van der Waals surface area (Å²) in [5, 5.41) is 0.635. The van der Waals surface area contributed by atoms with Crippen LogP contribution in [0.3, 0.4) is 0 Å². The number of hydrogen-bond donors (Lipinski definition) is 1. The third kappa shape index (κ3) is 4.56. The molecule has 6 bridgehead atoms. The van der Waals surface area contributed by atoms with Gasteiger partial charge in [0.2, 0.25) is 0 Å². The Balaban J connectivity index is 1.36. The molecule has 3 aliphatic rings. The van der Waals surface area contributed by atoms with Gasteiger partial charge in [0.05, 0.1) is 28.8 Å². The number of likely N-dealkylation sites (N-methyl/N-ethyl adjacent to an activating group) is 1. The highest BCUT2D eigenvalue weighted by Gasteiger charge is 2.32. The van der Waals surface area contributed by atoms with Crippen molar-refractivity contribution < 1.29 is 9.47 Å². The van der Waals surface area contributed by atoms with E-state index in [4.69, 9.17) is 14.5 Å². The van der Waals surface area contributed by atoms with Crippen LogP contribution in [-0.4, -0.2) is 76.3 Å². The zero-order valence-electron chi connectivity index (χ0n) is 23.0. The Morgan fingerprint density at radius 1 is 1.15 bits per heavy atom. The van der Waals surface area contributed by atoms with Crippen LogP contribution in [0.15, 0.2) is 39.9 Å². The third-order valence-corrected chi connectivity index (χ3v) is 10.1. The number of likely N-dealkylation sites (tertiary alicyclic amines) is 1. The van der Waals surface area contributed by atoms with E-state index in [9.17, 15) is 9.59 Å². The molecular formula is C30H35N5O4S. The van der Waals surface area contributed by atoms with Crippen LogP contribution in [0.5, 0.6) is 5.75 Å². The predicted molar refractivity (Wildman–Crippen MR) is 157 cm³/mol. The van der Waals surface area contributed by atoms with Crippen molar-refractivity contribution in [1.29, 1.82) is 0 Å². The Bertz CT molecular complexity index is 1690. The van der Waals surface area contributed by atoms with Crippen molar-refractivity contribution in [3.05, 3.63) is 56.6 Å². The number of rotatable bonds is 4. The molecule has 3 aliphatic heterocycles. The van der Waals surface area contributed by atoms with E-state index >= 15 is 0 Å². The molecule has 0 amide bonds. The van der Waals surface area contributed by atoms with Crippen LogP contribution in [0.25, 0.3) is 32.4 Å². The van der Waals surface area contributed by atoms with Crippen LogP contribution < -0.4 is 15.9 Å². The number of methoxy groups -OCH3 is 1. The fraction of sp³-hybridized carbons (Fsp3) is 0.500. The topological polar surface area (TPSA) is 92.7 Å². The molecule has 210 valence electrons. The molecule has 2 fully saturated rings. The van der Waals surface area contributed by atoms with E-state index in [0.717, 1.165) is 55.8 Å². The van der Waals surface area contributed by atoms with Crippen LogP contribution in [0.2, 0.25) is 0 Å². The second-order valence-corrected chi connectivity index (χ2v) is 12.6. The van der Waals surface area contributed by atoms with Gasteiger partial charge in [-0.1, -0.05) is 23.7 Å². The summed E-state index contributed by atoms with van der Waals surface area (Å²) in [5.74, 6) is 1.24. The standard InChI is InChI=1S/C30H35N5O4S/c1-33-20-8-9-21(33)17-39-25-12-19(14-34-10-4-5-18(13-34)16-38-2)11-24-27(25)32-26(29(36)31-24)22-6-3-7-23-28(22)40-35(15-20)30(23)37/h3,6-7,11-12,18,20-21H,4-5,8-10,13-17H2,1-2H3,(H,31,36). The van der Waals surface area contributed by atoms with Crippen LogP contribution >= 0.6 is 11.5 Å². The lowest BCUT2D eigenvalue weighted by molar-refractivity contribution is 0.0873. The van der Waals surface area contributed by atoms with Gasteiger partial charge in [-0.3, -0.25) is 23.3 Å². The Labute approximate surface area is 236 Å². The van der Waals surface area contributed by atoms with Gasteiger partial charge in [-0.05, 0) is 69.0 Å². The van der Waals surface area contributed by atoms with E-state index in [1.807, 2.05) is 28.2 Å². The van der Waals surface area contributed by atoms with Crippen molar-refractivity contribution >= 4 is 32.7 Å². The van der Waals surface area contributed by atoms with Gasteiger partial charge < -0.3 is 14.5 Å². The van der Waals surface area contributed by atoms with Crippen molar-refractivity contribution in [2.45, 2.75) is 50.9 Å². The maximum Gasteiger partial charge on any atom is 0.275 e. The summed E-state index contributed by atoms with van der Waals surface area (Å²) in [6, 6.07) is 10.2. The summed E-state index contributed by atoms with van der Waals surface area (Å²) in [5.41, 5.74) is 3.16. The van der Waals surface area contributed by atoms with Crippen molar-refractivity contribution in [2.75, 3.05) is 40.5 Å². The first kappa shape index (κ1) is 25.9. The first-order valence-electron chi connectivity index (χ1n) is 14.2. The van der Waals surface area contributed by atoms with Crippen LogP contribution in [-0.2, 0) is 17.8 Å². The normalized spacial score (nSPS) is 23.7. The molecule has 0 saturated carbocycles. The minimum Gasteiger partial charge on any atom is -0.490 e. The van der Waals surface area contributed by atoms with E-state index in [-0.39, 0.29) is 23.2 Å². The summed E-state index contributed by atoms with van der Waals surface area (Å²) in [6.07, 6.45) is 4.36. The van der Waals surface area contributed by atoms with Gasteiger partial charge in [0.15, 0.2) is 0 Å². The van der Waals surface area contributed by atoms with Gasteiger partial charge in [0.25, 0.3) is 11.1 Å². The molecular weight excluding hydrogens is 526 g/mol. The van der Waals surface area contributed by atoms with E-state index < -0.39 is 0 Å². The van der Waals surface area contributed by atoms with E-state index in [0.29, 0.717) is 52.5 Å². The summed E-state index contributed by atoms with van der Waals surface area (Å²) < 4.78 is 14.6. The van der Waals surface area contributed by atoms with Crippen molar-refractivity contribution in [1.82, 2.24) is 23.7 Å².